The monoisotopic (exact) mass is 368 g/mol. The van der Waals surface area contributed by atoms with Gasteiger partial charge in [-0.15, -0.1) is 0 Å². The zero-order chi connectivity index (χ0) is 18.0. The van der Waals surface area contributed by atoms with Crippen LogP contribution in [-0.4, -0.2) is 29.2 Å². The molecule has 2 aromatic carbocycles. The Labute approximate surface area is 157 Å². The Morgan fingerprint density at radius 2 is 1.73 bits per heavy atom. The maximum absolute atomic E-state index is 13.2. The molecule has 1 aliphatic carbocycles. The molecule has 6 atom stereocenters. The molecule has 2 saturated heterocycles. The van der Waals surface area contributed by atoms with Gasteiger partial charge in [0.15, 0.2) is 0 Å². The highest BCUT2D eigenvalue weighted by atomic mass is 35.5. The van der Waals surface area contributed by atoms with Gasteiger partial charge < -0.3 is 9.84 Å². The molecule has 1 N–H and O–H groups in total. The van der Waals surface area contributed by atoms with E-state index < -0.39 is 12.0 Å². The van der Waals surface area contributed by atoms with E-state index in [4.69, 9.17) is 16.3 Å². The first-order chi connectivity index (χ1) is 12.5. The van der Waals surface area contributed by atoms with Crippen molar-refractivity contribution in [3.05, 3.63) is 58.6 Å². The van der Waals surface area contributed by atoms with E-state index >= 15 is 0 Å². The number of carbonyl (C=O) groups is 1. The third-order valence-electron chi connectivity index (χ3n) is 6.49. The summed E-state index contributed by atoms with van der Waals surface area (Å²) in [5, 5.41) is 11.7. The van der Waals surface area contributed by atoms with Crippen molar-refractivity contribution in [2.75, 3.05) is 0 Å². The molecule has 0 spiro atoms. The molecule has 3 aliphatic rings. The van der Waals surface area contributed by atoms with Gasteiger partial charge in [0.1, 0.15) is 5.78 Å². The standard InChI is InChI=1S/C22H21ClO3/c1-11-2-3-13(12-4-6-14(23)7-5-12)10-15(11)18-21(24)19-16-8-9-17(26-16)20(19)22(18)25/h2-7,10,16-21,24H,8-9H2,1H3. The lowest BCUT2D eigenvalue weighted by Gasteiger charge is -2.23. The molecule has 134 valence electrons. The number of hydrogen-bond donors (Lipinski definition) is 1. The normalized spacial score (nSPS) is 35.1. The lowest BCUT2D eigenvalue weighted by atomic mass is 9.81. The Balaban J connectivity index is 1.55. The van der Waals surface area contributed by atoms with Gasteiger partial charge in [-0.3, -0.25) is 4.79 Å². The van der Waals surface area contributed by atoms with Gasteiger partial charge in [-0.25, -0.2) is 0 Å². The molecule has 6 unspecified atom stereocenters. The first-order valence-corrected chi connectivity index (χ1v) is 9.66. The number of hydrogen-bond acceptors (Lipinski definition) is 3. The number of Topliss-reactive ketones (excluding diaryl/α,β-unsaturated/α-hetero) is 1. The first kappa shape index (κ1) is 16.5. The molecule has 2 aromatic rings. The van der Waals surface area contributed by atoms with E-state index in [1.54, 1.807) is 0 Å². The van der Waals surface area contributed by atoms with Gasteiger partial charge in [0.05, 0.1) is 30.1 Å². The van der Waals surface area contributed by atoms with Crippen molar-refractivity contribution in [2.24, 2.45) is 11.8 Å². The number of aliphatic hydroxyl groups is 1. The van der Waals surface area contributed by atoms with Crippen molar-refractivity contribution in [3.63, 3.8) is 0 Å². The van der Waals surface area contributed by atoms with Crippen LogP contribution in [0, 0.1) is 18.8 Å². The Bertz CT molecular complexity index is 875. The number of ketones is 1. The zero-order valence-corrected chi connectivity index (χ0v) is 15.3. The number of ether oxygens (including phenoxy) is 1. The van der Waals surface area contributed by atoms with E-state index in [1.165, 1.54) is 0 Å². The second-order valence-electron chi connectivity index (χ2n) is 7.84. The van der Waals surface area contributed by atoms with Gasteiger partial charge in [-0.2, -0.15) is 0 Å². The third kappa shape index (κ3) is 2.31. The number of rotatable bonds is 2. The fraction of sp³-hybridized carbons (Fsp3) is 0.409. The minimum Gasteiger partial charge on any atom is -0.392 e. The zero-order valence-electron chi connectivity index (χ0n) is 14.6. The fourth-order valence-electron chi connectivity index (χ4n) is 5.25. The number of fused-ring (bicyclic) bond motifs is 5. The highest BCUT2D eigenvalue weighted by molar-refractivity contribution is 6.30. The van der Waals surface area contributed by atoms with E-state index in [2.05, 4.69) is 12.1 Å². The molecule has 0 aromatic heterocycles. The minimum absolute atomic E-state index is 0.0110. The molecule has 2 aliphatic heterocycles. The average molecular weight is 369 g/mol. The maximum atomic E-state index is 13.2. The molecule has 2 heterocycles. The minimum atomic E-state index is -0.651. The van der Waals surface area contributed by atoms with E-state index in [0.29, 0.717) is 5.02 Å². The molecule has 1 saturated carbocycles. The van der Waals surface area contributed by atoms with Crippen molar-refractivity contribution >= 4 is 17.4 Å². The summed E-state index contributed by atoms with van der Waals surface area (Å²) in [6, 6.07) is 13.9. The molecule has 3 fully saturated rings. The molecule has 4 heteroatoms. The van der Waals surface area contributed by atoms with Crippen LogP contribution in [0.15, 0.2) is 42.5 Å². The molecule has 3 nitrogen and oxygen atoms in total. The first-order valence-electron chi connectivity index (χ1n) is 9.28. The van der Waals surface area contributed by atoms with Crippen LogP contribution in [0.1, 0.15) is 29.9 Å². The Kier molecular flexibility index (Phi) is 3.75. The number of benzene rings is 2. The quantitative estimate of drug-likeness (QED) is 0.866. The van der Waals surface area contributed by atoms with Crippen LogP contribution < -0.4 is 0 Å². The van der Waals surface area contributed by atoms with Gasteiger partial charge in [0.25, 0.3) is 0 Å². The summed E-state index contributed by atoms with van der Waals surface area (Å²) in [5.74, 6) is -0.451. The van der Waals surface area contributed by atoms with Crippen LogP contribution >= 0.6 is 11.6 Å². The SMILES string of the molecule is Cc1ccc(-c2ccc(Cl)cc2)cc1C1C(=O)C2C3CCC(O3)C2C1O. The van der Waals surface area contributed by atoms with E-state index in [9.17, 15) is 9.90 Å². The van der Waals surface area contributed by atoms with E-state index in [-0.39, 0.29) is 29.8 Å². The highest BCUT2D eigenvalue weighted by Gasteiger charge is 2.62. The second kappa shape index (κ2) is 5.91. The summed E-state index contributed by atoms with van der Waals surface area (Å²) in [6.07, 6.45) is 1.32. The second-order valence-corrected chi connectivity index (χ2v) is 8.28. The summed E-state index contributed by atoms with van der Waals surface area (Å²) >= 11 is 6.00. The summed E-state index contributed by atoms with van der Waals surface area (Å²) in [7, 11) is 0. The van der Waals surface area contributed by atoms with Crippen molar-refractivity contribution in [1.29, 1.82) is 0 Å². The van der Waals surface area contributed by atoms with E-state index in [0.717, 1.165) is 35.1 Å². The predicted octanol–water partition coefficient (Wildman–Crippen LogP) is 4.14. The number of halogens is 1. The van der Waals surface area contributed by atoms with Crippen molar-refractivity contribution in [3.8, 4) is 11.1 Å². The van der Waals surface area contributed by atoms with Crippen LogP contribution in [0.25, 0.3) is 11.1 Å². The van der Waals surface area contributed by atoms with Crippen LogP contribution in [-0.2, 0) is 9.53 Å². The molecule has 2 bridgehead atoms. The largest absolute Gasteiger partial charge is 0.392 e. The molecule has 5 rings (SSSR count). The van der Waals surface area contributed by atoms with Crippen molar-refractivity contribution in [2.45, 2.75) is 44.0 Å². The Morgan fingerprint density at radius 3 is 2.46 bits per heavy atom. The predicted molar refractivity (Wildman–Crippen MR) is 100 cm³/mol. The van der Waals surface area contributed by atoms with Crippen LogP contribution in [0.4, 0.5) is 0 Å². The van der Waals surface area contributed by atoms with E-state index in [1.807, 2.05) is 37.3 Å². The summed E-state index contributed by atoms with van der Waals surface area (Å²) in [4.78, 5) is 13.2. The third-order valence-corrected chi connectivity index (χ3v) is 6.74. The van der Waals surface area contributed by atoms with Gasteiger partial charge in [-0.05, 0) is 54.2 Å². The van der Waals surface area contributed by atoms with Gasteiger partial charge in [0.2, 0.25) is 0 Å². The lowest BCUT2D eigenvalue weighted by Crippen LogP contribution is -2.31. The van der Waals surface area contributed by atoms with Gasteiger partial charge in [-0.1, -0.05) is 41.9 Å². The Morgan fingerprint density at radius 1 is 1.04 bits per heavy atom. The smallest absolute Gasteiger partial charge is 0.149 e. The molecule has 0 amide bonds. The van der Waals surface area contributed by atoms with Crippen molar-refractivity contribution < 1.29 is 14.6 Å². The summed E-state index contributed by atoms with van der Waals surface area (Å²) < 4.78 is 5.91. The fourth-order valence-corrected chi connectivity index (χ4v) is 5.38. The van der Waals surface area contributed by atoms with Gasteiger partial charge >= 0.3 is 0 Å². The molecule has 0 radical (unpaired) electrons. The van der Waals surface area contributed by atoms with Gasteiger partial charge in [0, 0.05) is 10.9 Å². The lowest BCUT2D eigenvalue weighted by molar-refractivity contribution is -0.124. The van der Waals surface area contributed by atoms with Crippen LogP contribution in [0.3, 0.4) is 0 Å². The highest BCUT2D eigenvalue weighted by Crippen LogP contribution is 2.54. The molecular formula is C22H21ClO3. The maximum Gasteiger partial charge on any atom is 0.149 e. The number of aliphatic hydroxyl groups excluding tert-OH is 1. The number of aryl methyl sites for hydroxylation is 1. The Hall–Kier alpha value is -1.68. The number of carbonyl (C=O) groups excluding carboxylic acids is 1. The topological polar surface area (TPSA) is 46.5 Å². The van der Waals surface area contributed by atoms with Crippen molar-refractivity contribution in [1.82, 2.24) is 0 Å². The summed E-state index contributed by atoms with van der Waals surface area (Å²) in [6.45, 7) is 2.01. The summed E-state index contributed by atoms with van der Waals surface area (Å²) in [5.41, 5.74) is 4.09. The molecular weight excluding hydrogens is 348 g/mol. The van der Waals surface area contributed by atoms with Crippen LogP contribution in [0.2, 0.25) is 5.02 Å². The molecule has 26 heavy (non-hydrogen) atoms. The van der Waals surface area contributed by atoms with Crippen LogP contribution in [0.5, 0.6) is 0 Å². The average Bonchev–Trinajstić information content (AvgIpc) is 3.31.